The van der Waals surface area contributed by atoms with Gasteiger partial charge in [0, 0.05) is 33.6 Å². The average molecular weight is 614 g/mol. The lowest BCUT2D eigenvalue weighted by molar-refractivity contribution is 0.395. The van der Waals surface area contributed by atoms with Crippen molar-refractivity contribution in [1.29, 1.82) is 0 Å². The molecule has 5 aromatic rings. The summed E-state index contributed by atoms with van der Waals surface area (Å²) in [6.07, 6.45) is 1.59. The highest BCUT2D eigenvalue weighted by Crippen LogP contribution is 2.42. The summed E-state index contributed by atoms with van der Waals surface area (Å²) in [6, 6.07) is 27.8. The zero-order valence-electron chi connectivity index (χ0n) is 23.7. The van der Waals surface area contributed by atoms with Gasteiger partial charge >= 0.3 is 0 Å². The molecule has 1 unspecified atom stereocenters. The number of nitrogens with one attached hydrogen (secondary N) is 1. The van der Waals surface area contributed by atoms with E-state index in [9.17, 15) is 8.42 Å². The number of rotatable bonds is 8. The van der Waals surface area contributed by atoms with E-state index in [1.54, 1.807) is 43.5 Å². The van der Waals surface area contributed by atoms with Crippen LogP contribution in [0.3, 0.4) is 0 Å². The van der Waals surface area contributed by atoms with E-state index in [2.05, 4.69) is 4.72 Å². The van der Waals surface area contributed by atoms with Crippen molar-refractivity contribution in [2.45, 2.75) is 12.5 Å². The number of methoxy groups -OCH3 is 2. The molecule has 0 amide bonds. The molecule has 1 atom stereocenters. The molecular weight excluding hydrogens is 586 g/mol. The molecule has 1 N–H and O–H groups in total. The molecule has 0 saturated heterocycles. The van der Waals surface area contributed by atoms with E-state index >= 15 is 0 Å². The molecule has 4 aromatic carbocycles. The third-order valence-corrected chi connectivity index (χ3v) is 7.94. The number of ether oxygens (including phenoxy) is 2. The van der Waals surface area contributed by atoms with Crippen molar-refractivity contribution in [2.75, 3.05) is 30.2 Å². The molecule has 0 spiro atoms. The number of halogens is 1. The first-order valence-electron chi connectivity index (χ1n) is 13.4. The van der Waals surface area contributed by atoms with Crippen LogP contribution in [0.5, 0.6) is 11.5 Å². The normalized spacial score (nSPS) is 14.9. The summed E-state index contributed by atoms with van der Waals surface area (Å²) in [5, 5.41) is 8.24. The van der Waals surface area contributed by atoms with Crippen molar-refractivity contribution in [3.63, 3.8) is 0 Å². The fourth-order valence-electron chi connectivity index (χ4n) is 5.19. The van der Waals surface area contributed by atoms with Crippen LogP contribution >= 0.6 is 11.6 Å². The second-order valence-electron chi connectivity index (χ2n) is 10.1. The maximum absolute atomic E-state index is 11.9. The van der Waals surface area contributed by atoms with Gasteiger partial charge < -0.3 is 9.47 Å². The topological polar surface area (TPSA) is 106 Å². The number of hydrazone groups is 1. The van der Waals surface area contributed by atoms with Gasteiger partial charge in [0.25, 0.3) is 0 Å². The predicted molar refractivity (Wildman–Crippen MR) is 171 cm³/mol. The van der Waals surface area contributed by atoms with Gasteiger partial charge in [-0.3, -0.25) is 4.72 Å². The fourth-order valence-corrected chi connectivity index (χ4v) is 5.92. The highest BCUT2D eigenvalue weighted by molar-refractivity contribution is 7.92. The van der Waals surface area contributed by atoms with Gasteiger partial charge in [0.05, 0.1) is 43.4 Å². The lowest BCUT2D eigenvalue weighted by Crippen LogP contribution is -2.22. The Morgan fingerprint density at radius 1 is 0.884 bits per heavy atom. The monoisotopic (exact) mass is 613 g/mol. The maximum atomic E-state index is 11.9. The van der Waals surface area contributed by atoms with Crippen LogP contribution in [0.15, 0.2) is 96.1 Å². The minimum Gasteiger partial charge on any atom is -0.497 e. The van der Waals surface area contributed by atoms with Gasteiger partial charge in [-0.05, 0) is 54.1 Å². The molecule has 0 bridgehead atoms. The second-order valence-corrected chi connectivity index (χ2v) is 12.3. The number of hydrogen-bond acceptors (Lipinski definition) is 8. The van der Waals surface area contributed by atoms with Crippen molar-refractivity contribution >= 4 is 49.9 Å². The summed E-state index contributed by atoms with van der Waals surface area (Å²) < 4.78 is 37.7. The van der Waals surface area contributed by atoms with Crippen LogP contribution < -0.4 is 19.2 Å². The van der Waals surface area contributed by atoms with Gasteiger partial charge in [-0.25, -0.2) is 23.4 Å². The molecule has 2 heterocycles. The first kappa shape index (κ1) is 28.4. The fraction of sp³-hybridized carbons (Fsp3) is 0.156. The summed E-state index contributed by atoms with van der Waals surface area (Å²) in [5.74, 6) is 1.72. The molecule has 0 saturated carbocycles. The number of nitrogens with zero attached hydrogens (tertiary/aromatic N) is 4. The van der Waals surface area contributed by atoms with Gasteiger partial charge in [-0.2, -0.15) is 5.10 Å². The first-order valence-corrected chi connectivity index (χ1v) is 15.7. The summed E-state index contributed by atoms with van der Waals surface area (Å²) in [5.41, 5.74) is 5.13. The molecule has 9 nitrogen and oxygen atoms in total. The number of benzene rings is 4. The molecule has 43 heavy (non-hydrogen) atoms. The first-order chi connectivity index (χ1) is 20.7. The van der Waals surface area contributed by atoms with Crippen LogP contribution in [0.25, 0.3) is 22.2 Å². The van der Waals surface area contributed by atoms with E-state index in [4.69, 9.17) is 36.1 Å². The molecular formula is C32H28ClN5O4S. The van der Waals surface area contributed by atoms with Gasteiger partial charge in [0.15, 0.2) is 0 Å². The number of sulfonamides is 1. The van der Waals surface area contributed by atoms with Crippen molar-refractivity contribution < 1.29 is 17.9 Å². The molecule has 0 radical (unpaired) electrons. The minimum atomic E-state index is -3.46. The summed E-state index contributed by atoms with van der Waals surface area (Å²) in [6.45, 7) is 0. The van der Waals surface area contributed by atoms with Gasteiger partial charge in [0.1, 0.15) is 11.5 Å². The van der Waals surface area contributed by atoms with E-state index in [0.29, 0.717) is 40.1 Å². The predicted octanol–water partition coefficient (Wildman–Crippen LogP) is 6.69. The third-order valence-electron chi connectivity index (χ3n) is 7.10. The van der Waals surface area contributed by atoms with Crippen molar-refractivity contribution in [3.05, 3.63) is 107 Å². The van der Waals surface area contributed by atoms with Crippen LogP contribution in [0, 0.1) is 0 Å². The molecule has 11 heteroatoms. The quantitative estimate of drug-likeness (QED) is 0.208. The Morgan fingerprint density at radius 3 is 2.42 bits per heavy atom. The van der Waals surface area contributed by atoms with Crippen molar-refractivity contribution in [1.82, 2.24) is 9.97 Å². The Labute approximate surface area is 254 Å². The lowest BCUT2D eigenvalue weighted by Gasteiger charge is -2.25. The van der Waals surface area contributed by atoms with Gasteiger partial charge in [0.2, 0.25) is 16.0 Å². The van der Waals surface area contributed by atoms with Crippen molar-refractivity contribution in [2.24, 2.45) is 5.10 Å². The SMILES string of the molecule is COc1ccc(OC)c(C2CC(c3cccc(NS(C)(=O)=O)c3)=NN2c2nc(-c3ccccc3)c3cc(Cl)ccc3n2)c1. The average Bonchev–Trinajstić information content (AvgIpc) is 3.45. The zero-order chi connectivity index (χ0) is 30.1. The third kappa shape index (κ3) is 5.97. The van der Waals surface area contributed by atoms with Gasteiger partial charge in [-0.15, -0.1) is 0 Å². The molecule has 1 aliphatic rings. The van der Waals surface area contributed by atoms with E-state index in [-0.39, 0.29) is 6.04 Å². The van der Waals surface area contributed by atoms with Crippen LogP contribution in [0.1, 0.15) is 23.6 Å². The zero-order valence-corrected chi connectivity index (χ0v) is 25.2. The smallest absolute Gasteiger partial charge is 0.247 e. The largest absolute Gasteiger partial charge is 0.497 e. The Kier molecular flexibility index (Phi) is 7.64. The van der Waals surface area contributed by atoms with Crippen LogP contribution in [0.2, 0.25) is 5.02 Å². The van der Waals surface area contributed by atoms with E-state index in [1.165, 1.54) is 0 Å². The number of hydrogen-bond donors (Lipinski definition) is 1. The molecule has 218 valence electrons. The van der Waals surface area contributed by atoms with E-state index < -0.39 is 10.0 Å². The van der Waals surface area contributed by atoms with Crippen molar-refractivity contribution in [3.8, 4) is 22.8 Å². The maximum Gasteiger partial charge on any atom is 0.247 e. The highest BCUT2D eigenvalue weighted by Gasteiger charge is 2.34. The van der Waals surface area contributed by atoms with Gasteiger partial charge in [-0.1, -0.05) is 54.1 Å². The van der Waals surface area contributed by atoms with Crippen LogP contribution in [-0.2, 0) is 10.0 Å². The standard InChI is InChI=1S/C32H28ClN5O4S/c1-41-24-13-15-30(42-2)26(18-24)29-19-28(21-10-7-11-23(16-21)37-43(3,39)40)36-38(29)32-34-27-14-12-22(33)17-25(27)31(35-32)20-8-5-4-6-9-20/h4-18,29,37H,19H2,1-3H3. The Bertz CT molecular complexity index is 1970. The summed E-state index contributed by atoms with van der Waals surface area (Å²) >= 11 is 6.39. The summed E-state index contributed by atoms with van der Waals surface area (Å²) in [4.78, 5) is 9.99. The highest BCUT2D eigenvalue weighted by atomic mass is 35.5. The number of fused-ring (bicyclic) bond motifs is 1. The molecule has 6 rings (SSSR count). The molecule has 0 aliphatic carbocycles. The van der Waals surface area contributed by atoms with Crippen LogP contribution in [-0.4, -0.2) is 44.6 Å². The Hall–Kier alpha value is -4.67. The molecule has 1 aliphatic heterocycles. The number of aromatic nitrogens is 2. The number of anilines is 2. The lowest BCUT2D eigenvalue weighted by atomic mass is 9.97. The van der Waals surface area contributed by atoms with E-state index in [0.717, 1.165) is 39.7 Å². The Balaban J connectivity index is 1.54. The molecule has 1 aromatic heterocycles. The molecule has 0 fully saturated rings. The second kappa shape index (κ2) is 11.5. The van der Waals surface area contributed by atoms with Crippen LogP contribution in [0.4, 0.5) is 11.6 Å². The summed E-state index contributed by atoms with van der Waals surface area (Å²) in [7, 11) is -0.220. The Morgan fingerprint density at radius 2 is 1.67 bits per heavy atom. The van der Waals surface area contributed by atoms with E-state index in [1.807, 2.05) is 66.7 Å². The minimum absolute atomic E-state index is 0.361.